The number of aryl methyl sites for hydroxylation is 1. The predicted octanol–water partition coefficient (Wildman–Crippen LogP) is 0.922. The molecule has 3 nitrogen and oxygen atoms in total. The monoisotopic (exact) mass is 165 g/mol. The normalized spacial score (nSPS) is 12.9. The van der Waals surface area contributed by atoms with Crippen LogP contribution >= 0.6 is 0 Å². The van der Waals surface area contributed by atoms with E-state index in [1.165, 1.54) is 0 Å². The molecule has 0 aliphatic rings. The Morgan fingerprint density at radius 2 is 2.33 bits per heavy atom. The fourth-order valence-electron chi connectivity index (χ4n) is 0.994. The summed E-state index contributed by atoms with van der Waals surface area (Å²) in [5, 5.41) is 0. The highest BCUT2D eigenvalue weighted by molar-refractivity contribution is 5.00. The van der Waals surface area contributed by atoms with Crippen LogP contribution in [0.25, 0.3) is 0 Å². The zero-order chi connectivity index (χ0) is 8.97. The van der Waals surface area contributed by atoms with Gasteiger partial charge in [-0.05, 0) is 25.5 Å². The van der Waals surface area contributed by atoms with Crippen LogP contribution in [0.3, 0.4) is 0 Å². The SMILES string of the molecule is Cc1ccnc(CC(C)CN)n1. The minimum absolute atomic E-state index is 0.465. The predicted molar refractivity (Wildman–Crippen MR) is 48.7 cm³/mol. The van der Waals surface area contributed by atoms with Gasteiger partial charge < -0.3 is 5.73 Å². The van der Waals surface area contributed by atoms with Crippen LogP contribution in [0.1, 0.15) is 18.4 Å². The largest absolute Gasteiger partial charge is 0.330 e. The molecule has 66 valence electrons. The van der Waals surface area contributed by atoms with Crippen molar-refractivity contribution in [1.82, 2.24) is 9.97 Å². The third kappa shape index (κ3) is 2.58. The van der Waals surface area contributed by atoms with Crippen LogP contribution in [-0.2, 0) is 6.42 Å². The summed E-state index contributed by atoms with van der Waals surface area (Å²) >= 11 is 0. The van der Waals surface area contributed by atoms with Crippen LogP contribution in [-0.4, -0.2) is 16.5 Å². The Balaban J connectivity index is 2.63. The molecular weight excluding hydrogens is 150 g/mol. The molecule has 0 amide bonds. The van der Waals surface area contributed by atoms with Gasteiger partial charge in [0.25, 0.3) is 0 Å². The van der Waals surface area contributed by atoms with Gasteiger partial charge in [0.2, 0.25) is 0 Å². The number of nitrogens with zero attached hydrogens (tertiary/aromatic N) is 2. The molecule has 2 N–H and O–H groups in total. The lowest BCUT2D eigenvalue weighted by molar-refractivity contribution is 0.572. The molecule has 0 bridgehead atoms. The number of hydrogen-bond acceptors (Lipinski definition) is 3. The summed E-state index contributed by atoms with van der Waals surface area (Å²) in [4.78, 5) is 8.46. The van der Waals surface area contributed by atoms with Gasteiger partial charge in [-0.3, -0.25) is 0 Å². The zero-order valence-electron chi connectivity index (χ0n) is 7.62. The molecule has 3 heteroatoms. The van der Waals surface area contributed by atoms with Crippen LogP contribution in [0.4, 0.5) is 0 Å². The maximum Gasteiger partial charge on any atom is 0.128 e. The first kappa shape index (κ1) is 9.13. The lowest BCUT2D eigenvalue weighted by Gasteiger charge is -2.06. The van der Waals surface area contributed by atoms with Crippen molar-refractivity contribution in [3.8, 4) is 0 Å². The van der Waals surface area contributed by atoms with Gasteiger partial charge in [-0.1, -0.05) is 6.92 Å². The Bertz CT molecular complexity index is 247. The summed E-state index contributed by atoms with van der Waals surface area (Å²) in [6.07, 6.45) is 2.67. The molecule has 12 heavy (non-hydrogen) atoms. The molecule has 0 fully saturated rings. The molecule has 0 aliphatic carbocycles. The van der Waals surface area contributed by atoms with E-state index in [2.05, 4.69) is 16.9 Å². The van der Waals surface area contributed by atoms with Gasteiger partial charge in [0.15, 0.2) is 0 Å². The minimum atomic E-state index is 0.465. The minimum Gasteiger partial charge on any atom is -0.330 e. The van der Waals surface area contributed by atoms with Crippen molar-refractivity contribution in [1.29, 1.82) is 0 Å². The number of nitrogens with two attached hydrogens (primary N) is 1. The summed E-state index contributed by atoms with van der Waals surface area (Å²) in [5.74, 6) is 1.36. The summed E-state index contributed by atoms with van der Waals surface area (Å²) in [7, 11) is 0. The number of hydrogen-bond donors (Lipinski definition) is 1. The molecule has 1 aromatic heterocycles. The molecule has 1 heterocycles. The standard InChI is InChI=1S/C9H15N3/c1-7(6-10)5-9-11-4-3-8(2)12-9/h3-4,7H,5-6,10H2,1-2H3. The lowest BCUT2D eigenvalue weighted by atomic mass is 10.1. The summed E-state index contributed by atoms with van der Waals surface area (Å²) < 4.78 is 0. The Kier molecular flexibility index (Phi) is 3.17. The van der Waals surface area contributed by atoms with E-state index in [0.717, 1.165) is 17.9 Å². The molecule has 1 aromatic rings. The number of rotatable bonds is 3. The molecule has 1 unspecified atom stereocenters. The molecule has 0 saturated heterocycles. The Labute approximate surface area is 73.0 Å². The van der Waals surface area contributed by atoms with E-state index < -0.39 is 0 Å². The van der Waals surface area contributed by atoms with Crippen molar-refractivity contribution >= 4 is 0 Å². The van der Waals surface area contributed by atoms with Crippen LogP contribution in [0.5, 0.6) is 0 Å². The summed E-state index contributed by atoms with van der Waals surface area (Å²) in [6.45, 7) is 4.77. The quantitative estimate of drug-likeness (QED) is 0.724. The molecule has 0 radical (unpaired) electrons. The van der Waals surface area contributed by atoms with E-state index in [0.29, 0.717) is 12.5 Å². The second kappa shape index (κ2) is 4.16. The molecule has 0 saturated carbocycles. The molecule has 1 atom stereocenters. The summed E-state index contributed by atoms with van der Waals surface area (Å²) in [6, 6.07) is 1.90. The Morgan fingerprint density at radius 3 is 2.92 bits per heavy atom. The molecule has 1 rings (SSSR count). The maximum atomic E-state index is 5.50. The van der Waals surface area contributed by atoms with Crippen molar-refractivity contribution in [3.63, 3.8) is 0 Å². The second-order valence-electron chi connectivity index (χ2n) is 3.16. The third-order valence-electron chi connectivity index (χ3n) is 1.78. The van der Waals surface area contributed by atoms with Gasteiger partial charge in [0.1, 0.15) is 5.82 Å². The van der Waals surface area contributed by atoms with E-state index in [1.54, 1.807) is 6.20 Å². The van der Waals surface area contributed by atoms with Gasteiger partial charge >= 0.3 is 0 Å². The van der Waals surface area contributed by atoms with Crippen LogP contribution in [0, 0.1) is 12.8 Å². The fraction of sp³-hybridized carbons (Fsp3) is 0.556. The van der Waals surface area contributed by atoms with Gasteiger partial charge in [0, 0.05) is 18.3 Å². The van der Waals surface area contributed by atoms with Crippen molar-refractivity contribution in [2.24, 2.45) is 11.7 Å². The van der Waals surface area contributed by atoms with E-state index in [9.17, 15) is 0 Å². The molecule has 0 spiro atoms. The zero-order valence-corrected chi connectivity index (χ0v) is 7.62. The highest BCUT2D eigenvalue weighted by atomic mass is 14.9. The highest BCUT2D eigenvalue weighted by Crippen LogP contribution is 2.02. The Hall–Kier alpha value is -0.960. The molecule has 0 aliphatic heterocycles. The van der Waals surface area contributed by atoms with Crippen molar-refractivity contribution in [3.05, 3.63) is 23.8 Å². The van der Waals surface area contributed by atoms with Crippen molar-refractivity contribution in [2.45, 2.75) is 20.3 Å². The van der Waals surface area contributed by atoms with Gasteiger partial charge in [0.05, 0.1) is 0 Å². The smallest absolute Gasteiger partial charge is 0.128 e. The average Bonchev–Trinajstić information content (AvgIpc) is 2.04. The molecular formula is C9H15N3. The molecule has 0 aromatic carbocycles. The first-order valence-electron chi connectivity index (χ1n) is 4.21. The van der Waals surface area contributed by atoms with Gasteiger partial charge in [-0.15, -0.1) is 0 Å². The second-order valence-corrected chi connectivity index (χ2v) is 3.16. The fourth-order valence-corrected chi connectivity index (χ4v) is 0.994. The Morgan fingerprint density at radius 1 is 1.58 bits per heavy atom. The van der Waals surface area contributed by atoms with Crippen molar-refractivity contribution in [2.75, 3.05) is 6.54 Å². The van der Waals surface area contributed by atoms with Crippen LogP contribution in [0.2, 0.25) is 0 Å². The van der Waals surface area contributed by atoms with Gasteiger partial charge in [-0.2, -0.15) is 0 Å². The third-order valence-corrected chi connectivity index (χ3v) is 1.78. The van der Waals surface area contributed by atoms with Crippen LogP contribution in [0.15, 0.2) is 12.3 Å². The van der Waals surface area contributed by atoms with Gasteiger partial charge in [-0.25, -0.2) is 9.97 Å². The topological polar surface area (TPSA) is 51.8 Å². The average molecular weight is 165 g/mol. The van der Waals surface area contributed by atoms with Crippen molar-refractivity contribution < 1.29 is 0 Å². The maximum absolute atomic E-state index is 5.50. The number of aromatic nitrogens is 2. The first-order chi connectivity index (χ1) is 5.72. The van der Waals surface area contributed by atoms with Crippen LogP contribution < -0.4 is 5.73 Å². The van der Waals surface area contributed by atoms with E-state index in [4.69, 9.17) is 5.73 Å². The highest BCUT2D eigenvalue weighted by Gasteiger charge is 2.02. The van der Waals surface area contributed by atoms with E-state index in [1.807, 2.05) is 13.0 Å². The lowest BCUT2D eigenvalue weighted by Crippen LogP contribution is -2.14. The first-order valence-corrected chi connectivity index (χ1v) is 4.21. The summed E-state index contributed by atoms with van der Waals surface area (Å²) in [5.41, 5.74) is 6.52. The van der Waals surface area contributed by atoms with E-state index in [-0.39, 0.29) is 0 Å². The van der Waals surface area contributed by atoms with E-state index >= 15 is 0 Å².